The van der Waals surface area contributed by atoms with Gasteiger partial charge < -0.3 is 10.1 Å². The number of anilines is 1. The van der Waals surface area contributed by atoms with Crippen molar-refractivity contribution in [2.24, 2.45) is 0 Å². The van der Waals surface area contributed by atoms with Crippen molar-refractivity contribution in [3.05, 3.63) is 22.2 Å². The first-order valence-electron chi connectivity index (χ1n) is 6.20. The predicted molar refractivity (Wildman–Crippen MR) is 67.9 cm³/mol. The maximum Gasteiger partial charge on any atom is 0.278 e. The maximum absolute atomic E-state index is 10.8. The van der Waals surface area contributed by atoms with E-state index >= 15 is 0 Å². The fraction of sp³-hybridized carbons (Fsp3) is 0.583. The second kappa shape index (κ2) is 5.66. The molecule has 0 atom stereocenters. The molecule has 0 aromatic carbocycles. The van der Waals surface area contributed by atoms with Gasteiger partial charge in [0, 0.05) is 7.05 Å². The van der Waals surface area contributed by atoms with Crippen LogP contribution in [0.25, 0.3) is 0 Å². The smallest absolute Gasteiger partial charge is 0.278 e. The molecule has 0 spiro atoms. The SMILES string of the molecule is CNc1cc([N+](=O)[O-])cc(OC2CCCCC2)n1. The molecule has 0 bridgehead atoms. The normalized spacial score (nSPS) is 16.3. The van der Waals surface area contributed by atoms with Gasteiger partial charge in [0.1, 0.15) is 11.9 Å². The van der Waals surface area contributed by atoms with E-state index in [9.17, 15) is 10.1 Å². The number of aromatic nitrogens is 1. The lowest BCUT2D eigenvalue weighted by atomic mass is 9.98. The summed E-state index contributed by atoms with van der Waals surface area (Å²) in [7, 11) is 1.68. The van der Waals surface area contributed by atoms with Crippen molar-refractivity contribution in [1.82, 2.24) is 4.98 Å². The summed E-state index contributed by atoms with van der Waals surface area (Å²) in [6.45, 7) is 0. The van der Waals surface area contributed by atoms with Gasteiger partial charge in [-0.15, -0.1) is 0 Å². The van der Waals surface area contributed by atoms with Gasteiger partial charge in [-0.05, 0) is 25.7 Å². The standard InChI is InChI=1S/C12H17N3O3/c1-13-11-7-9(15(16)17)8-12(14-11)18-10-5-3-2-4-6-10/h7-8,10H,2-6H2,1H3,(H,13,14). The summed E-state index contributed by atoms with van der Waals surface area (Å²) >= 11 is 0. The third-order valence-corrected chi connectivity index (χ3v) is 3.09. The Morgan fingerprint density at radius 1 is 1.39 bits per heavy atom. The van der Waals surface area contributed by atoms with E-state index in [4.69, 9.17) is 4.74 Å². The molecule has 0 unspecified atom stereocenters. The Kier molecular flexibility index (Phi) is 3.96. The van der Waals surface area contributed by atoms with Crippen LogP contribution in [0.3, 0.4) is 0 Å². The number of nitrogens with zero attached hydrogens (tertiary/aromatic N) is 2. The van der Waals surface area contributed by atoms with Crippen LogP contribution in [-0.4, -0.2) is 23.1 Å². The summed E-state index contributed by atoms with van der Waals surface area (Å²) in [4.78, 5) is 14.6. The van der Waals surface area contributed by atoms with Crippen LogP contribution in [0.1, 0.15) is 32.1 Å². The number of nitro groups is 1. The predicted octanol–water partition coefficient (Wildman–Crippen LogP) is 2.74. The van der Waals surface area contributed by atoms with Crippen LogP contribution in [0.4, 0.5) is 11.5 Å². The molecule has 6 heteroatoms. The third-order valence-electron chi connectivity index (χ3n) is 3.09. The zero-order valence-electron chi connectivity index (χ0n) is 10.4. The van der Waals surface area contributed by atoms with Gasteiger partial charge in [-0.3, -0.25) is 10.1 Å². The van der Waals surface area contributed by atoms with Gasteiger partial charge in [0.05, 0.1) is 17.1 Å². The van der Waals surface area contributed by atoms with Crippen LogP contribution in [0.5, 0.6) is 5.88 Å². The van der Waals surface area contributed by atoms with Crippen LogP contribution >= 0.6 is 0 Å². The Morgan fingerprint density at radius 3 is 2.72 bits per heavy atom. The average molecular weight is 251 g/mol. The van der Waals surface area contributed by atoms with Gasteiger partial charge in [0.2, 0.25) is 5.88 Å². The largest absolute Gasteiger partial charge is 0.474 e. The molecule has 2 rings (SSSR count). The number of hydrogen-bond donors (Lipinski definition) is 1. The van der Waals surface area contributed by atoms with Crippen molar-refractivity contribution in [2.75, 3.05) is 12.4 Å². The second-order valence-corrected chi connectivity index (χ2v) is 4.43. The lowest BCUT2D eigenvalue weighted by molar-refractivity contribution is -0.384. The quantitative estimate of drug-likeness (QED) is 0.657. The molecule has 1 saturated carbocycles. The van der Waals surface area contributed by atoms with E-state index in [1.165, 1.54) is 18.6 Å². The molecule has 98 valence electrons. The molecule has 1 aromatic heterocycles. The molecule has 1 aliphatic rings. The molecule has 0 amide bonds. The summed E-state index contributed by atoms with van der Waals surface area (Å²) < 4.78 is 5.73. The third kappa shape index (κ3) is 3.09. The number of hydrogen-bond acceptors (Lipinski definition) is 5. The van der Waals surface area contributed by atoms with Crippen LogP contribution < -0.4 is 10.1 Å². The van der Waals surface area contributed by atoms with Gasteiger partial charge >= 0.3 is 0 Å². The van der Waals surface area contributed by atoms with Crippen LogP contribution in [0.2, 0.25) is 0 Å². The number of ether oxygens (including phenoxy) is 1. The molecule has 1 heterocycles. The van der Waals surface area contributed by atoms with E-state index in [0.29, 0.717) is 11.7 Å². The Labute approximate surface area is 106 Å². The lowest BCUT2D eigenvalue weighted by Crippen LogP contribution is -2.20. The molecule has 18 heavy (non-hydrogen) atoms. The fourth-order valence-corrected chi connectivity index (χ4v) is 2.14. The van der Waals surface area contributed by atoms with Crippen molar-refractivity contribution in [2.45, 2.75) is 38.2 Å². The van der Waals surface area contributed by atoms with Gasteiger partial charge in [0.15, 0.2) is 0 Å². The van der Waals surface area contributed by atoms with Gasteiger partial charge in [-0.1, -0.05) is 6.42 Å². The Bertz CT molecular complexity index is 431. The highest BCUT2D eigenvalue weighted by molar-refractivity contribution is 5.47. The minimum Gasteiger partial charge on any atom is -0.474 e. The van der Waals surface area contributed by atoms with E-state index in [1.807, 2.05) is 0 Å². The fourth-order valence-electron chi connectivity index (χ4n) is 2.14. The second-order valence-electron chi connectivity index (χ2n) is 4.43. The van der Waals surface area contributed by atoms with E-state index in [-0.39, 0.29) is 11.8 Å². The van der Waals surface area contributed by atoms with E-state index in [0.717, 1.165) is 25.7 Å². The Morgan fingerprint density at radius 2 is 2.11 bits per heavy atom. The molecule has 1 fully saturated rings. The van der Waals surface area contributed by atoms with Crippen molar-refractivity contribution < 1.29 is 9.66 Å². The minimum absolute atomic E-state index is 0.000148. The number of nitrogens with one attached hydrogen (secondary N) is 1. The van der Waals surface area contributed by atoms with Crippen LogP contribution in [0.15, 0.2) is 12.1 Å². The first-order valence-corrected chi connectivity index (χ1v) is 6.20. The Balaban J connectivity index is 2.15. The van der Waals surface area contributed by atoms with Gasteiger partial charge in [0.25, 0.3) is 5.69 Å². The topological polar surface area (TPSA) is 77.3 Å². The molecular weight excluding hydrogens is 234 g/mol. The van der Waals surface area contributed by atoms with Crippen molar-refractivity contribution in [3.63, 3.8) is 0 Å². The first kappa shape index (κ1) is 12.6. The van der Waals surface area contributed by atoms with Crippen molar-refractivity contribution in [1.29, 1.82) is 0 Å². The van der Waals surface area contributed by atoms with Crippen molar-refractivity contribution in [3.8, 4) is 5.88 Å². The average Bonchev–Trinajstić information content (AvgIpc) is 2.39. The highest BCUT2D eigenvalue weighted by atomic mass is 16.6. The summed E-state index contributed by atoms with van der Waals surface area (Å²) in [6, 6.07) is 2.78. The zero-order chi connectivity index (χ0) is 13.0. The summed E-state index contributed by atoms with van der Waals surface area (Å²) in [5.41, 5.74) is 0.000148. The van der Waals surface area contributed by atoms with E-state index < -0.39 is 4.92 Å². The molecule has 1 N–H and O–H groups in total. The van der Waals surface area contributed by atoms with Crippen LogP contribution in [-0.2, 0) is 0 Å². The van der Waals surface area contributed by atoms with Crippen molar-refractivity contribution >= 4 is 11.5 Å². The Hall–Kier alpha value is -1.85. The molecule has 6 nitrogen and oxygen atoms in total. The van der Waals surface area contributed by atoms with E-state index in [1.54, 1.807) is 7.05 Å². The summed E-state index contributed by atoms with van der Waals surface area (Å²) in [5, 5.41) is 13.6. The number of pyridine rings is 1. The monoisotopic (exact) mass is 251 g/mol. The van der Waals surface area contributed by atoms with Gasteiger partial charge in [-0.25, -0.2) is 0 Å². The highest BCUT2D eigenvalue weighted by Gasteiger charge is 2.18. The zero-order valence-corrected chi connectivity index (χ0v) is 10.4. The minimum atomic E-state index is -0.434. The molecule has 0 saturated heterocycles. The highest BCUT2D eigenvalue weighted by Crippen LogP contribution is 2.26. The number of rotatable bonds is 4. The molecule has 0 radical (unpaired) electrons. The summed E-state index contributed by atoms with van der Waals surface area (Å²) in [5.74, 6) is 0.787. The molecule has 1 aliphatic carbocycles. The first-order chi connectivity index (χ1) is 8.69. The molecule has 0 aliphatic heterocycles. The summed E-state index contributed by atoms with van der Waals surface area (Å²) in [6.07, 6.45) is 5.68. The molecule has 1 aromatic rings. The maximum atomic E-state index is 10.8. The van der Waals surface area contributed by atoms with Gasteiger partial charge in [-0.2, -0.15) is 4.98 Å². The van der Waals surface area contributed by atoms with E-state index in [2.05, 4.69) is 10.3 Å². The molecular formula is C12H17N3O3. The lowest BCUT2D eigenvalue weighted by Gasteiger charge is -2.22. The van der Waals surface area contributed by atoms with Crippen LogP contribution in [0, 0.1) is 10.1 Å².